The fourth-order valence-electron chi connectivity index (χ4n) is 2.93. The highest BCUT2D eigenvalue weighted by Gasteiger charge is 2.32. The highest BCUT2D eigenvalue weighted by Crippen LogP contribution is 2.25. The van der Waals surface area contributed by atoms with Crippen molar-refractivity contribution in [1.29, 1.82) is 0 Å². The molecule has 0 aliphatic carbocycles. The molecule has 0 spiro atoms. The van der Waals surface area contributed by atoms with Crippen molar-refractivity contribution in [3.63, 3.8) is 0 Å². The topological polar surface area (TPSA) is 83.3 Å². The Morgan fingerprint density at radius 2 is 2.15 bits per heavy atom. The van der Waals surface area contributed by atoms with E-state index in [4.69, 9.17) is 4.52 Å². The van der Waals surface area contributed by atoms with Gasteiger partial charge in [-0.3, -0.25) is 4.79 Å². The molecule has 2 atom stereocenters. The van der Waals surface area contributed by atoms with Gasteiger partial charge in [0.15, 0.2) is 5.82 Å². The first-order valence-corrected chi connectivity index (χ1v) is 8.78. The number of carbonyl (C=O) groups is 1. The molecule has 0 radical (unpaired) electrons. The highest BCUT2D eigenvalue weighted by atomic mass is 19.1. The fraction of sp³-hybridized carbons (Fsp3) is 0.500. The van der Waals surface area contributed by atoms with E-state index in [1.807, 2.05) is 13.8 Å². The predicted molar refractivity (Wildman–Crippen MR) is 93.5 cm³/mol. The number of halogens is 1. The molecule has 2 N–H and O–H groups in total. The van der Waals surface area contributed by atoms with Crippen LogP contribution >= 0.6 is 0 Å². The average molecular weight is 361 g/mol. The number of hydrazine groups is 1. The summed E-state index contributed by atoms with van der Waals surface area (Å²) in [4.78, 5) is 18.6. The van der Waals surface area contributed by atoms with Gasteiger partial charge >= 0.3 is 0 Å². The molecule has 0 bridgehead atoms. The van der Waals surface area contributed by atoms with Gasteiger partial charge < -0.3 is 9.42 Å². The third kappa shape index (κ3) is 4.08. The van der Waals surface area contributed by atoms with Crippen LogP contribution in [0.25, 0.3) is 0 Å². The summed E-state index contributed by atoms with van der Waals surface area (Å²) in [6, 6.07) is 5.96. The van der Waals surface area contributed by atoms with Crippen LogP contribution < -0.4 is 10.9 Å². The Labute approximate surface area is 151 Å². The molecule has 26 heavy (non-hydrogen) atoms. The number of aromatic nitrogens is 2. The minimum Gasteiger partial charge on any atom is -0.344 e. The SMILES string of the molecule is CC(C)c1nc(CCN(C)C(=O)C2CC(c3ccccc3F)NN2)no1. The zero-order chi connectivity index (χ0) is 18.7. The van der Waals surface area contributed by atoms with Gasteiger partial charge in [0.1, 0.15) is 11.9 Å². The Hall–Kier alpha value is -2.32. The van der Waals surface area contributed by atoms with E-state index in [0.29, 0.717) is 36.7 Å². The van der Waals surface area contributed by atoms with Crippen LogP contribution in [0.5, 0.6) is 0 Å². The number of likely N-dealkylation sites (N-methyl/N-ethyl adjacent to an activating group) is 1. The largest absolute Gasteiger partial charge is 0.344 e. The molecule has 1 aromatic heterocycles. The quantitative estimate of drug-likeness (QED) is 0.818. The van der Waals surface area contributed by atoms with Gasteiger partial charge in [0, 0.05) is 31.5 Å². The van der Waals surface area contributed by atoms with Crippen molar-refractivity contribution >= 4 is 5.91 Å². The normalized spacial score (nSPS) is 19.9. The molecule has 1 aliphatic heterocycles. The van der Waals surface area contributed by atoms with E-state index in [9.17, 15) is 9.18 Å². The molecule has 3 rings (SSSR count). The molecule has 1 amide bonds. The van der Waals surface area contributed by atoms with Crippen LogP contribution in [0.2, 0.25) is 0 Å². The molecule has 7 nitrogen and oxygen atoms in total. The molecule has 2 aromatic rings. The summed E-state index contributed by atoms with van der Waals surface area (Å²) >= 11 is 0. The summed E-state index contributed by atoms with van der Waals surface area (Å²) in [6.45, 7) is 4.45. The van der Waals surface area contributed by atoms with E-state index >= 15 is 0 Å². The van der Waals surface area contributed by atoms with Crippen LogP contribution in [0.4, 0.5) is 4.39 Å². The number of amides is 1. The first-order chi connectivity index (χ1) is 12.5. The molecule has 0 saturated carbocycles. The third-order valence-corrected chi connectivity index (χ3v) is 4.51. The molecule has 2 unspecified atom stereocenters. The van der Waals surface area contributed by atoms with Gasteiger partial charge in [0.2, 0.25) is 11.8 Å². The van der Waals surface area contributed by atoms with Crippen LogP contribution in [0.15, 0.2) is 28.8 Å². The summed E-state index contributed by atoms with van der Waals surface area (Å²) in [6.07, 6.45) is 1.01. The molecular weight excluding hydrogens is 337 g/mol. The van der Waals surface area contributed by atoms with Crippen molar-refractivity contribution in [2.45, 2.75) is 44.7 Å². The number of benzene rings is 1. The van der Waals surface area contributed by atoms with Gasteiger partial charge in [0.25, 0.3) is 0 Å². The minimum absolute atomic E-state index is 0.0519. The number of nitrogens with one attached hydrogen (secondary N) is 2. The van der Waals surface area contributed by atoms with E-state index in [1.54, 1.807) is 30.1 Å². The van der Waals surface area contributed by atoms with Gasteiger partial charge in [-0.25, -0.2) is 15.2 Å². The van der Waals surface area contributed by atoms with E-state index in [0.717, 1.165) is 0 Å². The second-order valence-corrected chi connectivity index (χ2v) is 6.86. The lowest BCUT2D eigenvalue weighted by Gasteiger charge is -2.20. The summed E-state index contributed by atoms with van der Waals surface area (Å²) in [5.41, 5.74) is 6.55. The van der Waals surface area contributed by atoms with Crippen molar-refractivity contribution < 1.29 is 13.7 Å². The molecule has 1 fully saturated rings. The Bertz CT molecular complexity index is 764. The maximum atomic E-state index is 13.9. The number of carbonyl (C=O) groups excluding carboxylic acids is 1. The van der Waals surface area contributed by atoms with Crippen molar-refractivity contribution in [3.8, 4) is 0 Å². The van der Waals surface area contributed by atoms with Crippen molar-refractivity contribution in [3.05, 3.63) is 47.4 Å². The van der Waals surface area contributed by atoms with Crippen LogP contribution in [0, 0.1) is 5.82 Å². The second-order valence-electron chi connectivity index (χ2n) is 6.86. The van der Waals surface area contributed by atoms with Crippen molar-refractivity contribution in [2.75, 3.05) is 13.6 Å². The monoisotopic (exact) mass is 361 g/mol. The minimum atomic E-state index is -0.402. The average Bonchev–Trinajstić information content (AvgIpc) is 3.29. The molecule has 1 aromatic carbocycles. The number of nitrogens with zero attached hydrogens (tertiary/aromatic N) is 3. The van der Waals surface area contributed by atoms with Crippen molar-refractivity contribution in [1.82, 2.24) is 25.9 Å². The number of hydrogen-bond acceptors (Lipinski definition) is 6. The van der Waals surface area contributed by atoms with Crippen LogP contribution in [0.1, 0.15) is 49.5 Å². The Morgan fingerprint density at radius 1 is 1.38 bits per heavy atom. The summed E-state index contributed by atoms with van der Waals surface area (Å²) in [5.74, 6) is 1.05. The molecular formula is C18H24FN5O2. The third-order valence-electron chi connectivity index (χ3n) is 4.51. The van der Waals surface area contributed by atoms with E-state index in [-0.39, 0.29) is 23.7 Å². The smallest absolute Gasteiger partial charge is 0.240 e. The Balaban J connectivity index is 1.53. The Morgan fingerprint density at radius 3 is 2.85 bits per heavy atom. The van der Waals surface area contributed by atoms with E-state index in [1.165, 1.54) is 6.07 Å². The Kier molecular flexibility index (Phi) is 5.63. The summed E-state index contributed by atoms with van der Waals surface area (Å²) < 4.78 is 19.1. The number of rotatable bonds is 6. The standard InChI is InChI=1S/C18H24FN5O2/c1-11(2)17-20-16(23-26-17)8-9-24(3)18(25)15-10-14(21-22-15)12-6-4-5-7-13(12)19/h4-7,11,14-15,21-22H,8-10H2,1-3H3. The summed E-state index contributed by atoms with van der Waals surface area (Å²) in [7, 11) is 1.74. The zero-order valence-electron chi connectivity index (χ0n) is 15.2. The molecule has 8 heteroatoms. The maximum Gasteiger partial charge on any atom is 0.240 e. The molecule has 2 heterocycles. The first-order valence-electron chi connectivity index (χ1n) is 8.78. The van der Waals surface area contributed by atoms with Gasteiger partial charge in [-0.15, -0.1) is 0 Å². The van der Waals surface area contributed by atoms with Crippen LogP contribution in [-0.4, -0.2) is 40.6 Å². The van der Waals surface area contributed by atoms with E-state index in [2.05, 4.69) is 21.0 Å². The summed E-state index contributed by atoms with van der Waals surface area (Å²) in [5, 5.41) is 3.93. The first kappa shape index (κ1) is 18.5. The highest BCUT2D eigenvalue weighted by molar-refractivity contribution is 5.82. The lowest BCUT2D eigenvalue weighted by atomic mass is 10.0. The predicted octanol–water partition coefficient (Wildman–Crippen LogP) is 1.94. The lowest BCUT2D eigenvalue weighted by molar-refractivity contribution is -0.131. The molecule has 1 saturated heterocycles. The van der Waals surface area contributed by atoms with E-state index < -0.39 is 6.04 Å². The van der Waals surface area contributed by atoms with Crippen LogP contribution in [0.3, 0.4) is 0 Å². The molecule has 1 aliphatic rings. The van der Waals surface area contributed by atoms with Gasteiger partial charge in [-0.2, -0.15) is 4.98 Å². The van der Waals surface area contributed by atoms with Gasteiger partial charge in [0.05, 0.1) is 6.04 Å². The van der Waals surface area contributed by atoms with Crippen LogP contribution in [-0.2, 0) is 11.2 Å². The second kappa shape index (κ2) is 7.92. The van der Waals surface area contributed by atoms with Gasteiger partial charge in [-0.05, 0) is 12.5 Å². The zero-order valence-corrected chi connectivity index (χ0v) is 15.2. The lowest BCUT2D eigenvalue weighted by Crippen LogP contribution is -2.44. The van der Waals surface area contributed by atoms with Crippen molar-refractivity contribution in [2.24, 2.45) is 0 Å². The van der Waals surface area contributed by atoms with Gasteiger partial charge in [-0.1, -0.05) is 37.2 Å². The number of hydrogen-bond donors (Lipinski definition) is 2. The maximum absolute atomic E-state index is 13.9. The molecule has 140 valence electrons. The fourth-order valence-corrected chi connectivity index (χ4v) is 2.93.